The maximum Gasteiger partial charge on any atom is 0.119 e. The number of hydrogen-bond acceptors (Lipinski definition) is 4. The first-order chi connectivity index (χ1) is 15.0. The van der Waals surface area contributed by atoms with E-state index < -0.39 is 5.60 Å². The van der Waals surface area contributed by atoms with Crippen molar-refractivity contribution in [2.75, 3.05) is 20.2 Å². The molecule has 1 aromatic carbocycles. The van der Waals surface area contributed by atoms with Gasteiger partial charge in [-0.25, -0.2) is 0 Å². The molecule has 0 spiro atoms. The molecule has 5 heteroatoms. The Morgan fingerprint density at radius 2 is 2.10 bits per heavy atom. The van der Waals surface area contributed by atoms with Crippen LogP contribution >= 0.6 is 0 Å². The number of aryl methyl sites for hydroxylation is 2. The molecule has 1 saturated carbocycles. The molecule has 0 bridgehead atoms. The number of aliphatic hydroxyl groups is 1. The number of nitrogens with zero attached hydrogens (tertiary/aromatic N) is 3. The summed E-state index contributed by atoms with van der Waals surface area (Å²) in [4.78, 5) is 7.13. The average Bonchev–Trinajstić information content (AvgIpc) is 3.43. The zero-order chi connectivity index (χ0) is 21.6. The Labute approximate surface area is 184 Å². The molecule has 31 heavy (non-hydrogen) atoms. The van der Waals surface area contributed by atoms with E-state index in [0.29, 0.717) is 5.92 Å². The molecule has 3 aromatic rings. The Hall–Kier alpha value is -2.37. The first-order valence-corrected chi connectivity index (χ1v) is 11.6. The highest BCUT2D eigenvalue weighted by atomic mass is 16.5. The van der Waals surface area contributed by atoms with Crippen molar-refractivity contribution < 1.29 is 9.84 Å². The summed E-state index contributed by atoms with van der Waals surface area (Å²) in [5.74, 6) is 1.69. The van der Waals surface area contributed by atoms with Crippen LogP contribution < -0.4 is 4.74 Å². The third-order valence-corrected chi connectivity index (χ3v) is 7.41. The Morgan fingerprint density at radius 3 is 2.84 bits per heavy atom. The van der Waals surface area contributed by atoms with Crippen molar-refractivity contribution in [1.82, 2.24) is 14.5 Å². The molecule has 0 radical (unpaired) electrons. The quantitative estimate of drug-likeness (QED) is 0.639. The molecule has 5 rings (SSSR count). The predicted octanol–water partition coefficient (Wildman–Crippen LogP) is 4.49. The maximum atomic E-state index is 11.6. The van der Waals surface area contributed by atoms with Crippen molar-refractivity contribution in [1.29, 1.82) is 0 Å². The van der Waals surface area contributed by atoms with Gasteiger partial charge in [0.25, 0.3) is 0 Å². The molecule has 1 saturated heterocycles. The molecule has 2 aromatic heterocycles. The number of methoxy groups -OCH3 is 1. The summed E-state index contributed by atoms with van der Waals surface area (Å²) >= 11 is 0. The van der Waals surface area contributed by atoms with Crippen molar-refractivity contribution >= 4 is 10.9 Å². The molecular weight excluding hydrogens is 386 g/mol. The first-order valence-electron chi connectivity index (χ1n) is 11.6. The van der Waals surface area contributed by atoms with Crippen LogP contribution in [0.2, 0.25) is 0 Å². The summed E-state index contributed by atoms with van der Waals surface area (Å²) in [7, 11) is 1.73. The lowest BCUT2D eigenvalue weighted by Crippen LogP contribution is -2.35. The number of likely N-dealkylation sites (tertiary alicyclic amines) is 1. The van der Waals surface area contributed by atoms with Crippen molar-refractivity contribution in [3.63, 3.8) is 0 Å². The molecule has 0 amide bonds. The van der Waals surface area contributed by atoms with E-state index in [-0.39, 0.29) is 5.92 Å². The van der Waals surface area contributed by atoms with Crippen molar-refractivity contribution in [3.8, 4) is 5.75 Å². The third-order valence-electron chi connectivity index (χ3n) is 7.41. The maximum absolute atomic E-state index is 11.6. The van der Waals surface area contributed by atoms with E-state index in [4.69, 9.17) is 4.74 Å². The molecule has 2 aliphatic rings. The zero-order valence-corrected chi connectivity index (χ0v) is 18.8. The second-order valence-corrected chi connectivity index (χ2v) is 9.48. The second kappa shape index (κ2) is 7.95. The highest BCUT2D eigenvalue weighted by Gasteiger charge is 2.53. The summed E-state index contributed by atoms with van der Waals surface area (Å²) in [6.45, 7) is 8.15. The van der Waals surface area contributed by atoms with E-state index in [0.717, 1.165) is 62.4 Å². The van der Waals surface area contributed by atoms with Gasteiger partial charge in [-0.05, 0) is 67.5 Å². The van der Waals surface area contributed by atoms with Gasteiger partial charge in [-0.15, -0.1) is 0 Å². The second-order valence-electron chi connectivity index (χ2n) is 9.48. The van der Waals surface area contributed by atoms with E-state index in [1.165, 1.54) is 16.5 Å². The largest absolute Gasteiger partial charge is 0.497 e. The Bertz CT molecular complexity index is 1070. The number of pyridine rings is 1. The van der Waals surface area contributed by atoms with Gasteiger partial charge in [0, 0.05) is 55.4 Å². The lowest BCUT2D eigenvalue weighted by atomic mass is 9.85. The van der Waals surface area contributed by atoms with Gasteiger partial charge in [-0.3, -0.25) is 9.88 Å². The number of ether oxygens (including phenoxy) is 1. The van der Waals surface area contributed by atoms with Crippen molar-refractivity contribution in [3.05, 3.63) is 59.5 Å². The summed E-state index contributed by atoms with van der Waals surface area (Å²) in [6.07, 6.45) is 7.19. The lowest BCUT2D eigenvalue weighted by Gasteiger charge is -2.29. The topological polar surface area (TPSA) is 50.5 Å². The highest BCUT2D eigenvalue weighted by molar-refractivity contribution is 5.85. The summed E-state index contributed by atoms with van der Waals surface area (Å²) in [5, 5.41) is 12.9. The fraction of sp³-hybridized carbons (Fsp3) is 0.500. The minimum Gasteiger partial charge on any atom is -0.497 e. The van der Waals surface area contributed by atoms with E-state index >= 15 is 0 Å². The number of aromatic nitrogens is 2. The van der Waals surface area contributed by atoms with Gasteiger partial charge in [-0.2, -0.15) is 0 Å². The smallest absolute Gasteiger partial charge is 0.119 e. The van der Waals surface area contributed by atoms with Crippen LogP contribution in [0.15, 0.2) is 42.7 Å². The van der Waals surface area contributed by atoms with Crippen LogP contribution in [0.25, 0.3) is 10.9 Å². The van der Waals surface area contributed by atoms with Gasteiger partial charge in [-0.1, -0.05) is 13.0 Å². The Balaban J connectivity index is 1.40. The third kappa shape index (κ3) is 3.54. The highest BCUT2D eigenvalue weighted by Crippen LogP contribution is 2.50. The summed E-state index contributed by atoms with van der Waals surface area (Å²) < 4.78 is 7.87. The zero-order valence-electron chi connectivity index (χ0n) is 18.8. The van der Waals surface area contributed by atoms with Crippen molar-refractivity contribution in [2.24, 2.45) is 11.8 Å². The normalized spacial score (nSPS) is 25.9. The summed E-state index contributed by atoms with van der Waals surface area (Å²) in [6, 6.07) is 10.5. The molecular formula is C26H33N3O2. The van der Waals surface area contributed by atoms with Crippen LogP contribution in [-0.4, -0.2) is 39.8 Å². The fourth-order valence-electron chi connectivity index (χ4n) is 5.83. The van der Waals surface area contributed by atoms with E-state index in [1.807, 2.05) is 25.3 Å². The molecule has 2 fully saturated rings. The molecule has 5 nitrogen and oxygen atoms in total. The van der Waals surface area contributed by atoms with Gasteiger partial charge < -0.3 is 14.4 Å². The van der Waals surface area contributed by atoms with E-state index in [1.54, 1.807) is 7.11 Å². The number of benzene rings is 1. The van der Waals surface area contributed by atoms with Gasteiger partial charge in [0.05, 0.1) is 12.8 Å². The van der Waals surface area contributed by atoms with Crippen molar-refractivity contribution in [2.45, 2.75) is 51.8 Å². The SMILES string of the molecule is CCCn1cc(CN2CC3CCC(O)(c4ccc(C)cn4)C3C2)c2cc(OC)ccc21. The Kier molecular flexibility index (Phi) is 5.27. The first kappa shape index (κ1) is 20.5. The number of fused-ring (bicyclic) bond motifs is 2. The van der Waals surface area contributed by atoms with Crippen LogP contribution in [0.3, 0.4) is 0 Å². The molecule has 3 unspecified atom stereocenters. The monoisotopic (exact) mass is 419 g/mol. The van der Waals surface area contributed by atoms with Gasteiger partial charge in [0.1, 0.15) is 11.4 Å². The van der Waals surface area contributed by atoms with Crippen LogP contribution in [0.4, 0.5) is 0 Å². The standard InChI is InChI=1S/C26H33N3O2/c1-4-11-29-16-20(22-12-21(31-3)6-7-24(22)29)15-28-14-19-9-10-26(30,23(19)17-28)25-8-5-18(2)13-27-25/h5-8,12-13,16,19,23,30H,4,9-11,14-15,17H2,1-3H3. The van der Waals surface area contributed by atoms with Gasteiger partial charge >= 0.3 is 0 Å². The minimum absolute atomic E-state index is 0.251. The van der Waals surface area contributed by atoms with Crippen LogP contribution in [0, 0.1) is 18.8 Å². The fourth-order valence-corrected chi connectivity index (χ4v) is 5.83. The number of rotatable bonds is 6. The molecule has 3 atom stereocenters. The minimum atomic E-state index is -0.799. The molecule has 1 aliphatic heterocycles. The predicted molar refractivity (Wildman–Crippen MR) is 123 cm³/mol. The lowest BCUT2D eigenvalue weighted by molar-refractivity contribution is -0.0108. The molecule has 3 heterocycles. The van der Waals surface area contributed by atoms with Crippen LogP contribution in [0.5, 0.6) is 5.75 Å². The van der Waals surface area contributed by atoms with E-state index in [2.05, 4.69) is 45.8 Å². The van der Waals surface area contributed by atoms with Gasteiger partial charge in [0.2, 0.25) is 0 Å². The Morgan fingerprint density at radius 1 is 1.23 bits per heavy atom. The van der Waals surface area contributed by atoms with Crippen LogP contribution in [0.1, 0.15) is 43.0 Å². The molecule has 1 aliphatic carbocycles. The molecule has 164 valence electrons. The average molecular weight is 420 g/mol. The van der Waals surface area contributed by atoms with Crippen LogP contribution in [-0.2, 0) is 18.7 Å². The summed E-state index contributed by atoms with van der Waals surface area (Å²) in [5.41, 5.74) is 3.80. The number of hydrogen-bond donors (Lipinski definition) is 1. The van der Waals surface area contributed by atoms with E-state index in [9.17, 15) is 5.11 Å². The molecule has 1 N–H and O–H groups in total. The van der Waals surface area contributed by atoms with Gasteiger partial charge in [0.15, 0.2) is 0 Å².